The third-order valence-electron chi connectivity index (χ3n) is 3.95. The van der Waals surface area contributed by atoms with Gasteiger partial charge in [-0.15, -0.1) is 0 Å². The number of halogens is 2. The summed E-state index contributed by atoms with van der Waals surface area (Å²) in [5.74, 6) is -0.902. The van der Waals surface area contributed by atoms with E-state index in [4.69, 9.17) is 0 Å². The maximum atomic E-state index is 13.7. The van der Waals surface area contributed by atoms with Crippen LogP contribution in [0.5, 0.6) is 0 Å². The van der Waals surface area contributed by atoms with Gasteiger partial charge in [0.15, 0.2) is 0 Å². The van der Waals surface area contributed by atoms with E-state index in [1.165, 1.54) is 18.2 Å². The average molecular weight is 268 g/mol. The molecule has 1 heterocycles. The molecule has 1 aromatic carbocycles. The summed E-state index contributed by atoms with van der Waals surface area (Å²) in [6.07, 6.45) is 1.11. The van der Waals surface area contributed by atoms with Gasteiger partial charge in [-0.25, -0.2) is 8.78 Å². The topological polar surface area (TPSA) is 15.3 Å². The molecule has 0 amide bonds. The molecule has 1 aromatic rings. The molecule has 0 radical (unpaired) electrons. The molecule has 0 aromatic heterocycles. The lowest BCUT2D eigenvalue weighted by atomic mass is 9.89. The monoisotopic (exact) mass is 268 g/mol. The summed E-state index contributed by atoms with van der Waals surface area (Å²) in [5, 5.41) is 3.35. The Morgan fingerprint density at radius 2 is 2.00 bits per heavy atom. The second-order valence-corrected chi connectivity index (χ2v) is 5.74. The second-order valence-electron chi connectivity index (χ2n) is 5.74. The smallest absolute Gasteiger partial charge is 0.130 e. The van der Waals surface area contributed by atoms with Crippen LogP contribution >= 0.6 is 0 Å². The lowest BCUT2D eigenvalue weighted by Crippen LogP contribution is -2.37. The molecule has 2 rings (SSSR count). The highest BCUT2D eigenvalue weighted by Gasteiger charge is 2.30. The van der Waals surface area contributed by atoms with Crippen LogP contribution in [0.25, 0.3) is 0 Å². The van der Waals surface area contributed by atoms with Crippen molar-refractivity contribution < 1.29 is 8.78 Å². The maximum absolute atomic E-state index is 13.7. The fraction of sp³-hybridized carbons (Fsp3) is 0.600. The second kappa shape index (κ2) is 5.97. The summed E-state index contributed by atoms with van der Waals surface area (Å²) in [6, 6.07) is 4.06. The number of rotatable bonds is 5. The molecule has 1 atom stereocenters. The minimum atomic E-state index is -0.451. The molecule has 19 heavy (non-hydrogen) atoms. The lowest BCUT2D eigenvalue weighted by molar-refractivity contribution is 0.174. The minimum Gasteiger partial charge on any atom is -0.316 e. The normalized spacial score (nSPS) is 23.2. The molecule has 0 spiro atoms. The molecule has 1 N–H and O–H groups in total. The number of hydrogen-bond donors (Lipinski definition) is 1. The van der Waals surface area contributed by atoms with Crippen LogP contribution in [0.15, 0.2) is 18.2 Å². The van der Waals surface area contributed by atoms with E-state index in [1.807, 2.05) is 6.92 Å². The standard InChI is InChI=1S/C15H22F2N2/c1-3-19(11-15(2)7-8-18-10-15)9-12-13(16)5-4-6-14(12)17/h4-6,18H,3,7-11H2,1-2H3. The van der Waals surface area contributed by atoms with Crippen molar-refractivity contribution in [3.8, 4) is 0 Å². The van der Waals surface area contributed by atoms with Crippen LogP contribution in [0.1, 0.15) is 25.8 Å². The number of benzene rings is 1. The highest BCUT2D eigenvalue weighted by Crippen LogP contribution is 2.26. The Kier molecular flexibility index (Phi) is 4.53. The van der Waals surface area contributed by atoms with Crippen LogP contribution in [-0.4, -0.2) is 31.1 Å². The highest BCUT2D eigenvalue weighted by molar-refractivity contribution is 5.19. The molecule has 1 unspecified atom stereocenters. The van der Waals surface area contributed by atoms with Crippen LogP contribution < -0.4 is 5.32 Å². The van der Waals surface area contributed by atoms with Gasteiger partial charge >= 0.3 is 0 Å². The number of nitrogens with zero attached hydrogens (tertiary/aromatic N) is 1. The quantitative estimate of drug-likeness (QED) is 0.883. The van der Waals surface area contributed by atoms with Gasteiger partial charge in [0.1, 0.15) is 11.6 Å². The molecule has 1 aliphatic rings. The molecule has 106 valence electrons. The van der Waals surface area contributed by atoms with E-state index >= 15 is 0 Å². The Hall–Kier alpha value is -1.00. The Bertz CT molecular complexity index is 408. The first-order valence-corrected chi connectivity index (χ1v) is 6.90. The van der Waals surface area contributed by atoms with Gasteiger partial charge in [-0.1, -0.05) is 19.9 Å². The molecular weight excluding hydrogens is 246 g/mol. The van der Waals surface area contributed by atoms with Gasteiger partial charge in [-0.05, 0) is 37.1 Å². The fourth-order valence-electron chi connectivity index (χ4n) is 2.73. The van der Waals surface area contributed by atoms with Gasteiger partial charge in [0.2, 0.25) is 0 Å². The summed E-state index contributed by atoms with van der Waals surface area (Å²) in [5.41, 5.74) is 0.386. The van der Waals surface area contributed by atoms with Crippen molar-refractivity contribution in [2.75, 3.05) is 26.2 Å². The van der Waals surface area contributed by atoms with E-state index in [0.717, 1.165) is 32.6 Å². The summed E-state index contributed by atoms with van der Waals surface area (Å²) < 4.78 is 27.4. The highest BCUT2D eigenvalue weighted by atomic mass is 19.1. The first kappa shape index (κ1) is 14.4. The summed E-state index contributed by atoms with van der Waals surface area (Å²) in [4.78, 5) is 2.12. The van der Waals surface area contributed by atoms with E-state index in [0.29, 0.717) is 6.54 Å². The Morgan fingerprint density at radius 1 is 1.32 bits per heavy atom. The predicted octanol–water partition coefficient (Wildman–Crippen LogP) is 2.79. The zero-order valence-corrected chi connectivity index (χ0v) is 11.7. The van der Waals surface area contributed by atoms with Crippen LogP contribution in [0.4, 0.5) is 8.78 Å². The van der Waals surface area contributed by atoms with Crippen LogP contribution in [0, 0.1) is 17.0 Å². The van der Waals surface area contributed by atoms with Crippen molar-refractivity contribution in [1.29, 1.82) is 0 Å². The van der Waals surface area contributed by atoms with Crippen molar-refractivity contribution in [2.24, 2.45) is 5.41 Å². The largest absolute Gasteiger partial charge is 0.316 e. The van der Waals surface area contributed by atoms with Gasteiger partial charge in [0.05, 0.1) is 0 Å². The first-order chi connectivity index (χ1) is 9.04. The van der Waals surface area contributed by atoms with E-state index in [9.17, 15) is 8.78 Å². The molecule has 1 saturated heterocycles. The van der Waals surface area contributed by atoms with Crippen molar-refractivity contribution in [2.45, 2.75) is 26.8 Å². The van der Waals surface area contributed by atoms with E-state index in [2.05, 4.69) is 17.1 Å². The van der Waals surface area contributed by atoms with Gasteiger partial charge in [-0.3, -0.25) is 4.90 Å². The van der Waals surface area contributed by atoms with Crippen molar-refractivity contribution in [3.05, 3.63) is 35.4 Å². The molecule has 4 heteroatoms. The summed E-state index contributed by atoms with van der Waals surface area (Å²) in [6.45, 7) is 8.27. The fourth-order valence-corrected chi connectivity index (χ4v) is 2.73. The molecule has 1 aliphatic heterocycles. The van der Waals surface area contributed by atoms with E-state index < -0.39 is 11.6 Å². The SMILES string of the molecule is CCN(Cc1c(F)cccc1F)CC1(C)CCNC1. The Morgan fingerprint density at radius 3 is 2.53 bits per heavy atom. The Balaban J connectivity index is 2.06. The van der Waals surface area contributed by atoms with Crippen LogP contribution in [0.3, 0.4) is 0 Å². The summed E-state index contributed by atoms with van der Waals surface area (Å²) >= 11 is 0. The lowest BCUT2D eigenvalue weighted by Gasteiger charge is -2.31. The van der Waals surface area contributed by atoms with Crippen molar-refractivity contribution in [3.63, 3.8) is 0 Å². The van der Waals surface area contributed by atoms with Gasteiger partial charge in [-0.2, -0.15) is 0 Å². The zero-order chi connectivity index (χ0) is 13.9. The molecular formula is C15H22F2N2. The molecule has 1 fully saturated rings. The predicted molar refractivity (Wildman–Crippen MR) is 72.9 cm³/mol. The Labute approximate surface area is 113 Å². The third kappa shape index (κ3) is 3.51. The summed E-state index contributed by atoms with van der Waals surface area (Å²) in [7, 11) is 0. The van der Waals surface area contributed by atoms with Gasteiger partial charge < -0.3 is 5.32 Å². The van der Waals surface area contributed by atoms with Crippen molar-refractivity contribution in [1.82, 2.24) is 10.2 Å². The average Bonchev–Trinajstić information content (AvgIpc) is 2.79. The van der Waals surface area contributed by atoms with Crippen molar-refractivity contribution >= 4 is 0 Å². The van der Waals surface area contributed by atoms with E-state index in [1.54, 1.807) is 0 Å². The molecule has 2 nitrogen and oxygen atoms in total. The zero-order valence-electron chi connectivity index (χ0n) is 11.7. The van der Waals surface area contributed by atoms with Crippen LogP contribution in [-0.2, 0) is 6.54 Å². The number of hydrogen-bond acceptors (Lipinski definition) is 2. The van der Waals surface area contributed by atoms with E-state index in [-0.39, 0.29) is 11.0 Å². The first-order valence-electron chi connectivity index (χ1n) is 6.90. The maximum Gasteiger partial charge on any atom is 0.130 e. The molecule has 0 bridgehead atoms. The molecule has 0 saturated carbocycles. The number of nitrogens with one attached hydrogen (secondary N) is 1. The van der Waals surface area contributed by atoms with Gasteiger partial charge in [0.25, 0.3) is 0 Å². The van der Waals surface area contributed by atoms with Crippen LogP contribution in [0.2, 0.25) is 0 Å². The molecule has 0 aliphatic carbocycles. The minimum absolute atomic E-state index is 0.180. The van der Waals surface area contributed by atoms with Gasteiger partial charge in [0, 0.05) is 25.2 Å². The third-order valence-corrected chi connectivity index (χ3v) is 3.95.